The number of esters is 1. The molecular weight excluding hydrogens is 991 g/mol. The normalized spacial score (nSPS) is 20.0. The van der Waals surface area contributed by atoms with Gasteiger partial charge in [0.15, 0.2) is 0 Å². The second-order valence-electron chi connectivity index (χ2n) is 19.1. The summed E-state index contributed by atoms with van der Waals surface area (Å²) in [6.45, 7) is 14.7. The SMILES string of the molecule is CCn1c(-c2cccnc2[C@H](C)OC)c2c3cc(ccc31)-c1csc(n1)C[C@H](NC(=O)[C@H](C(C)C)N(C)C(=O)N1CCC[C@H]1CN(C)C)C(=O)N1CCC[C@H](N1)C(=O)OCC(C)(C)C2.S.S.S.S.S. The van der Waals surface area contributed by atoms with Crippen molar-refractivity contribution in [3.05, 3.63) is 58.2 Å². The van der Waals surface area contributed by atoms with E-state index in [-0.39, 0.29) is 111 Å². The zero-order valence-corrected chi connectivity index (χ0v) is 47.6. The number of rotatable bonds is 10. The molecule has 3 aliphatic rings. The van der Waals surface area contributed by atoms with Crippen molar-refractivity contribution in [1.29, 1.82) is 0 Å². The van der Waals surface area contributed by atoms with E-state index >= 15 is 0 Å². The van der Waals surface area contributed by atoms with Gasteiger partial charge in [0.25, 0.3) is 5.91 Å². The van der Waals surface area contributed by atoms with Gasteiger partial charge >= 0.3 is 12.0 Å². The van der Waals surface area contributed by atoms with E-state index in [2.05, 4.69) is 65.2 Å². The largest absolute Gasteiger partial charge is 0.464 e. The number of likely N-dealkylation sites (N-methyl/N-ethyl adjacent to an activating group) is 2. The summed E-state index contributed by atoms with van der Waals surface area (Å²) in [5, 5.41) is 8.25. The van der Waals surface area contributed by atoms with Crippen LogP contribution in [0.2, 0.25) is 0 Å². The number of methoxy groups -OCH3 is 1. The number of likely N-dealkylation sites (tertiary alicyclic amines) is 1. The van der Waals surface area contributed by atoms with E-state index in [9.17, 15) is 19.2 Å². The maximum atomic E-state index is 14.6. The number of fused-ring (bicyclic) bond motifs is 6. The molecule has 0 spiro atoms. The summed E-state index contributed by atoms with van der Waals surface area (Å²) < 4.78 is 14.3. The van der Waals surface area contributed by atoms with Gasteiger partial charge in [-0.2, -0.15) is 67.5 Å². The van der Waals surface area contributed by atoms with Crippen LogP contribution in [-0.2, 0) is 43.2 Å². The number of ether oxygens (including phenoxy) is 2. The first-order chi connectivity index (χ1) is 30.5. The first kappa shape index (κ1) is 62.0. The van der Waals surface area contributed by atoms with E-state index in [1.54, 1.807) is 20.4 Å². The number of hydrogen-bond acceptors (Lipinski definition) is 11. The quantitative estimate of drug-likeness (QED) is 0.161. The van der Waals surface area contributed by atoms with Gasteiger partial charge in [-0.3, -0.25) is 24.4 Å². The first-order valence-electron chi connectivity index (χ1n) is 22.8. The molecule has 6 bridgehead atoms. The fourth-order valence-electron chi connectivity index (χ4n) is 9.77. The number of pyridine rings is 1. The van der Waals surface area contributed by atoms with Crippen molar-refractivity contribution >= 4 is 114 Å². The van der Waals surface area contributed by atoms with E-state index in [1.807, 2.05) is 51.2 Å². The zero-order valence-electron chi connectivity index (χ0n) is 41.8. The highest BCUT2D eigenvalue weighted by Gasteiger charge is 2.40. The Morgan fingerprint density at radius 2 is 1.74 bits per heavy atom. The van der Waals surface area contributed by atoms with Crippen molar-refractivity contribution in [2.75, 3.05) is 54.5 Å². The second kappa shape index (κ2) is 26.5. The molecule has 2 N–H and O–H groups in total. The van der Waals surface area contributed by atoms with Gasteiger partial charge in [-0.05, 0) is 95.8 Å². The van der Waals surface area contributed by atoms with Crippen LogP contribution in [0.4, 0.5) is 4.79 Å². The molecular formula is C48H77N9O6S6. The first-order valence-corrected chi connectivity index (χ1v) is 23.7. The molecule has 15 nitrogen and oxygen atoms in total. The van der Waals surface area contributed by atoms with Crippen LogP contribution in [0, 0.1) is 11.3 Å². The number of nitrogens with zero attached hydrogens (tertiary/aromatic N) is 7. The van der Waals surface area contributed by atoms with Crippen molar-refractivity contribution in [3.63, 3.8) is 0 Å². The maximum Gasteiger partial charge on any atom is 0.324 e. The molecule has 2 fully saturated rings. The molecule has 4 aromatic rings. The highest BCUT2D eigenvalue weighted by atomic mass is 32.1. The molecule has 4 amide bonds. The molecule has 386 valence electrons. The summed E-state index contributed by atoms with van der Waals surface area (Å²) in [4.78, 5) is 72.5. The lowest BCUT2D eigenvalue weighted by atomic mass is 9.84. The number of thiazole rings is 1. The molecule has 2 saturated heterocycles. The Morgan fingerprint density at radius 3 is 2.41 bits per heavy atom. The molecule has 21 heteroatoms. The van der Waals surface area contributed by atoms with Crippen LogP contribution in [0.25, 0.3) is 33.4 Å². The van der Waals surface area contributed by atoms with Crippen LogP contribution >= 0.6 is 78.8 Å². The molecule has 69 heavy (non-hydrogen) atoms. The third-order valence-corrected chi connectivity index (χ3v) is 13.8. The third-order valence-electron chi connectivity index (χ3n) is 13.0. The van der Waals surface area contributed by atoms with Gasteiger partial charge in [-0.25, -0.2) is 15.2 Å². The number of amides is 4. The average Bonchev–Trinajstić information content (AvgIpc) is 4.01. The summed E-state index contributed by atoms with van der Waals surface area (Å²) in [5.74, 6) is -1.50. The maximum absolute atomic E-state index is 14.6. The number of urea groups is 1. The number of aromatic nitrogens is 3. The highest BCUT2D eigenvalue weighted by molar-refractivity contribution is 7.60. The smallest absolute Gasteiger partial charge is 0.324 e. The minimum Gasteiger partial charge on any atom is -0.464 e. The Morgan fingerprint density at radius 1 is 1.03 bits per heavy atom. The predicted octanol–water partition coefficient (Wildman–Crippen LogP) is 6.87. The topological polar surface area (TPSA) is 154 Å². The standard InChI is InChI=1S/C48H67N9O6S.5H2S/c1-11-55-39-19-18-31-23-34(39)35(43(55)33-16-12-20-49-41(33)30(4)62-10)25-48(5,6)28-63-46(60)36-17-14-22-57(52-36)45(59)37(24-40-50-38(31)27-64-40)51-44(58)42(29(2)3)54(9)47(61)56-21-13-15-32(56)26-53(7)8;;;;;/h12,16,18-20,23,27,29-30,32,36-37,42,52H,11,13-15,17,21-22,24-26,28H2,1-10H3,(H,51,58);5*1H2/t30-,32-,36-,37-,42-;;;;;/m0...../s1. The van der Waals surface area contributed by atoms with Gasteiger partial charge in [0.2, 0.25) is 5.91 Å². The van der Waals surface area contributed by atoms with E-state index in [1.165, 1.54) is 21.2 Å². The van der Waals surface area contributed by atoms with Gasteiger partial charge in [0.05, 0.1) is 34.8 Å². The van der Waals surface area contributed by atoms with Crippen molar-refractivity contribution in [2.24, 2.45) is 11.3 Å². The average molecular weight is 1070 g/mol. The van der Waals surface area contributed by atoms with Gasteiger partial charge in [0, 0.05) is 91.8 Å². The Kier molecular flexibility index (Phi) is 23.8. The Balaban J connectivity index is 0.00000327. The van der Waals surface area contributed by atoms with Crippen molar-refractivity contribution in [2.45, 2.75) is 117 Å². The number of cyclic esters (lactones) is 1. The molecule has 6 heterocycles. The zero-order chi connectivity index (χ0) is 46.0. The Hall–Kier alpha value is -3.15. The second-order valence-corrected chi connectivity index (χ2v) is 20.0. The number of nitrogens with one attached hydrogen (secondary N) is 2. The summed E-state index contributed by atoms with van der Waals surface area (Å²) in [7, 11) is 7.36. The molecule has 0 saturated carbocycles. The van der Waals surface area contributed by atoms with Crippen LogP contribution in [-0.4, -0.2) is 137 Å². The van der Waals surface area contributed by atoms with Crippen LogP contribution in [0.15, 0.2) is 41.9 Å². The van der Waals surface area contributed by atoms with Crippen molar-refractivity contribution in [1.82, 2.24) is 45.0 Å². The van der Waals surface area contributed by atoms with Crippen molar-refractivity contribution < 1.29 is 28.7 Å². The van der Waals surface area contributed by atoms with E-state index in [4.69, 9.17) is 19.4 Å². The number of hydrogen-bond donors (Lipinski definition) is 2. The highest BCUT2D eigenvalue weighted by Crippen LogP contribution is 2.42. The molecule has 7 rings (SSSR count). The lowest BCUT2D eigenvalue weighted by Gasteiger charge is -2.38. The number of aryl methyl sites for hydroxylation is 1. The summed E-state index contributed by atoms with van der Waals surface area (Å²) >= 11 is 1.43. The molecule has 0 unspecified atom stereocenters. The lowest BCUT2D eigenvalue weighted by molar-refractivity contribution is -0.155. The Labute approximate surface area is 447 Å². The molecule has 0 radical (unpaired) electrons. The summed E-state index contributed by atoms with van der Waals surface area (Å²) in [6, 6.07) is 7.69. The number of hydrazine groups is 1. The third kappa shape index (κ3) is 13.7. The fourth-order valence-corrected chi connectivity index (χ4v) is 10.6. The van der Waals surface area contributed by atoms with E-state index in [0.717, 1.165) is 64.1 Å². The van der Waals surface area contributed by atoms with Crippen molar-refractivity contribution in [3.8, 4) is 22.5 Å². The van der Waals surface area contributed by atoms with Crippen LogP contribution in [0.5, 0.6) is 0 Å². The molecule has 3 aliphatic heterocycles. The minimum atomic E-state index is -1.04. The Bertz CT molecular complexity index is 2360. The minimum absolute atomic E-state index is 0. The fraction of sp³-hybridized carbons (Fsp3) is 0.583. The van der Waals surface area contributed by atoms with Gasteiger partial charge in [-0.1, -0.05) is 33.8 Å². The van der Waals surface area contributed by atoms with Crippen LogP contribution < -0.4 is 10.7 Å². The number of carbonyl (C=O) groups is 4. The summed E-state index contributed by atoms with van der Waals surface area (Å²) in [6.07, 6.45) is 5.11. The lowest BCUT2D eigenvalue weighted by Crippen LogP contribution is -2.62. The number of carbonyl (C=O) groups excluding carboxylic acids is 4. The van der Waals surface area contributed by atoms with Crippen LogP contribution in [0.3, 0.4) is 0 Å². The predicted molar refractivity (Wildman–Crippen MR) is 301 cm³/mol. The van der Waals surface area contributed by atoms with Gasteiger partial charge in [-0.15, -0.1) is 11.3 Å². The van der Waals surface area contributed by atoms with E-state index in [0.29, 0.717) is 43.9 Å². The molecule has 3 aromatic heterocycles. The molecule has 1 aromatic carbocycles. The monoisotopic (exact) mass is 1070 g/mol. The summed E-state index contributed by atoms with van der Waals surface area (Å²) in [5.41, 5.74) is 9.42. The molecule has 5 atom stereocenters. The number of benzene rings is 1. The molecule has 0 aliphatic carbocycles. The van der Waals surface area contributed by atoms with Gasteiger partial charge < -0.3 is 34.1 Å². The van der Waals surface area contributed by atoms with Crippen LogP contribution in [0.1, 0.15) is 89.6 Å². The van der Waals surface area contributed by atoms with Gasteiger partial charge in [0.1, 0.15) is 18.1 Å². The van der Waals surface area contributed by atoms with E-state index < -0.39 is 35.4 Å².